The van der Waals surface area contributed by atoms with E-state index >= 15 is 0 Å². The zero-order chi connectivity index (χ0) is 23.3. The fraction of sp³-hybridized carbons (Fsp3) is 0.0800. The molecule has 8 heteroatoms. The van der Waals surface area contributed by atoms with Crippen LogP contribution >= 0.6 is 11.3 Å². The molecule has 1 atom stereocenters. The molecule has 1 N–H and O–H groups in total. The molecular formula is C25H16F2N2O3S. The van der Waals surface area contributed by atoms with Crippen molar-refractivity contribution in [3.8, 4) is 0 Å². The first kappa shape index (κ1) is 21.0. The maximum atomic E-state index is 13.7. The van der Waals surface area contributed by atoms with Gasteiger partial charge in [-0.3, -0.25) is 14.5 Å². The maximum Gasteiger partial charge on any atom is 0.301 e. The number of ketones is 1. The number of Topliss-reactive ketones (excluding diaryl/α,β-unsaturated/α-hetero) is 1. The number of halogens is 2. The predicted molar refractivity (Wildman–Crippen MR) is 122 cm³/mol. The number of carbonyl (C=O) groups excluding carboxylic acids is 2. The van der Waals surface area contributed by atoms with Crippen LogP contribution in [0.4, 0.5) is 13.9 Å². The van der Waals surface area contributed by atoms with Crippen LogP contribution in [0.1, 0.15) is 22.7 Å². The number of amides is 1. The van der Waals surface area contributed by atoms with Crippen LogP contribution < -0.4 is 4.90 Å². The average Bonchev–Trinajstić information content (AvgIpc) is 3.32. The lowest BCUT2D eigenvalue weighted by molar-refractivity contribution is -0.132. The molecule has 164 valence electrons. The molecule has 0 bridgehead atoms. The second kappa shape index (κ2) is 7.90. The van der Waals surface area contributed by atoms with Crippen LogP contribution in [0.5, 0.6) is 0 Å². The topological polar surface area (TPSA) is 70.5 Å². The van der Waals surface area contributed by atoms with E-state index in [0.29, 0.717) is 15.8 Å². The standard InChI is InChI=1S/C25H16F2N2O3S/c1-13-2-4-14(5-3-13)21-20(22(30)15-6-8-16(26)9-7-15)23(31)24(32)29(21)25-28-18-11-10-17(27)12-19(18)33-25/h2-12,21,30H,1H3/b22-20+/t21-/m1/s1. The maximum absolute atomic E-state index is 13.7. The molecule has 5 rings (SSSR count). The van der Waals surface area contributed by atoms with Crippen LogP contribution in [0.25, 0.3) is 16.0 Å². The van der Waals surface area contributed by atoms with Crippen LogP contribution in [-0.2, 0) is 9.59 Å². The Balaban J connectivity index is 1.73. The van der Waals surface area contributed by atoms with Gasteiger partial charge in [-0.2, -0.15) is 0 Å². The SMILES string of the molecule is Cc1ccc([C@@H]2/C(=C(\O)c3ccc(F)cc3)C(=O)C(=O)N2c2nc3ccc(F)cc3s2)cc1. The van der Waals surface area contributed by atoms with Crippen molar-refractivity contribution in [2.24, 2.45) is 0 Å². The lowest BCUT2D eigenvalue weighted by atomic mass is 9.95. The van der Waals surface area contributed by atoms with Crippen molar-refractivity contribution >= 4 is 44.1 Å². The number of hydrogen-bond donors (Lipinski definition) is 1. The van der Waals surface area contributed by atoms with Gasteiger partial charge >= 0.3 is 5.91 Å². The molecule has 0 aliphatic carbocycles. The Morgan fingerprint density at radius 2 is 1.64 bits per heavy atom. The first-order chi connectivity index (χ1) is 15.8. The predicted octanol–water partition coefficient (Wildman–Crippen LogP) is 5.51. The third-order valence-corrected chi connectivity index (χ3v) is 6.52. The van der Waals surface area contributed by atoms with Crippen LogP contribution in [0.15, 0.2) is 72.3 Å². The molecular weight excluding hydrogens is 446 g/mol. The molecule has 0 saturated carbocycles. The second-order valence-electron chi connectivity index (χ2n) is 7.70. The van der Waals surface area contributed by atoms with Crippen molar-refractivity contribution < 1.29 is 23.5 Å². The van der Waals surface area contributed by atoms with Gasteiger partial charge < -0.3 is 5.11 Å². The van der Waals surface area contributed by atoms with E-state index in [1.807, 2.05) is 19.1 Å². The van der Waals surface area contributed by atoms with E-state index in [2.05, 4.69) is 4.98 Å². The Morgan fingerprint density at radius 1 is 0.970 bits per heavy atom. The number of fused-ring (bicyclic) bond motifs is 1. The molecule has 0 unspecified atom stereocenters. The van der Waals surface area contributed by atoms with Crippen molar-refractivity contribution in [1.29, 1.82) is 0 Å². The molecule has 1 fully saturated rings. The van der Waals surface area contributed by atoms with Crippen molar-refractivity contribution in [3.63, 3.8) is 0 Å². The molecule has 1 amide bonds. The third kappa shape index (κ3) is 3.58. The summed E-state index contributed by atoms with van der Waals surface area (Å²) in [5.74, 6) is -3.08. The zero-order valence-electron chi connectivity index (χ0n) is 17.3. The molecule has 1 aliphatic rings. The number of benzene rings is 3. The highest BCUT2D eigenvalue weighted by atomic mass is 32.1. The smallest absolute Gasteiger partial charge is 0.301 e. The van der Waals surface area contributed by atoms with Gasteiger partial charge in [0.15, 0.2) is 5.13 Å². The summed E-state index contributed by atoms with van der Waals surface area (Å²) in [6.07, 6.45) is 0. The number of carbonyl (C=O) groups is 2. The number of hydrogen-bond acceptors (Lipinski definition) is 5. The number of thiazole rings is 1. The summed E-state index contributed by atoms with van der Waals surface area (Å²) in [7, 11) is 0. The van der Waals surface area contributed by atoms with Gasteiger partial charge in [0.05, 0.1) is 21.8 Å². The minimum absolute atomic E-state index is 0.124. The van der Waals surface area contributed by atoms with E-state index in [0.717, 1.165) is 29.0 Å². The molecule has 0 radical (unpaired) electrons. The van der Waals surface area contributed by atoms with Gasteiger partial charge in [-0.1, -0.05) is 41.2 Å². The lowest BCUT2D eigenvalue weighted by Gasteiger charge is -2.23. The summed E-state index contributed by atoms with van der Waals surface area (Å²) < 4.78 is 27.6. The molecule has 1 aliphatic heterocycles. The monoisotopic (exact) mass is 462 g/mol. The number of aliphatic hydroxyl groups is 1. The fourth-order valence-corrected chi connectivity index (χ4v) is 4.86. The van der Waals surface area contributed by atoms with Crippen LogP contribution in [0.3, 0.4) is 0 Å². The molecule has 5 nitrogen and oxygen atoms in total. The number of rotatable bonds is 3. The normalized spacial score (nSPS) is 17.8. The highest BCUT2D eigenvalue weighted by Crippen LogP contribution is 2.44. The molecule has 1 saturated heterocycles. The quantitative estimate of drug-likeness (QED) is 0.248. The summed E-state index contributed by atoms with van der Waals surface area (Å²) in [6.45, 7) is 1.90. The van der Waals surface area contributed by atoms with E-state index < -0.39 is 35.1 Å². The van der Waals surface area contributed by atoms with Gasteiger partial charge in [0.25, 0.3) is 5.78 Å². The molecule has 3 aromatic carbocycles. The Hall–Kier alpha value is -3.91. The molecule has 1 aromatic heterocycles. The second-order valence-corrected chi connectivity index (χ2v) is 8.70. The number of anilines is 1. The van der Waals surface area contributed by atoms with E-state index in [-0.39, 0.29) is 16.3 Å². The third-order valence-electron chi connectivity index (χ3n) is 5.50. The number of aryl methyl sites for hydroxylation is 1. The Bertz CT molecular complexity index is 1440. The lowest BCUT2D eigenvalue weighted by Crippen LogP contribution is -2.29. The summed E-state index contributed by atoms with van der Waals surface area (Å²) in [5, 5.41) is 11.2. The van der Waals surface area contributed by atoms with Crippen LogP contribution in [0.2, 0.25) is 0 Å². The summed E-state index contributed by atoms with van der Waals surface area (Å²) in [4.78, 5) is 32.0. The van der Waals surface area contributed by atoms with Crippen LogP contribution in [0, 0.1) is 18.6 Å². The fourth-order valence-electron chi connectivity index (χ4n) is 3.85. The largest absolute Gasteiger partial charge is 0.507 e. The minimum Gasteiger partial charge on any atom is -0.507 e. The van der Waals surface area contributed by atoms with Gasteiger partial charge in [-0.25, -0.2) is 13.8 Å². The summed E-state index contributed by atoms with van der Waals surface area (Å²) in [5.41, 5.74) is 2.14. The molecule has 0 spiro atoms. The highest BCUT2D eigenvalue weighted by molar-refractivity contribution is 7.22. The average molecular weight is 462 g/mol. The van der Waals surface area contributed by atoms with Crippen molar-refractivity contribution in [1.82, 2.24) is 4.98 Å². The van der Waals surface area contributed by atoms with E-state index in [1.54, 1.807) is 12.1 Å². The van der Waals surface area contributed by atoms with Gasteiger partial charge in [0.2, 0.25) is 0 Å². The van der Waals surface area contributed by atoms with E-state index in [9.17, 15) is 23.5 Å². The summed E-state index contributed by atoms with van der Waals surface area (Å²) in [6, 6.07) is 15.3. The highest BCUT2D eigenvalue weighted by Gasteiger charge is 2.48. The number of aromatic nitrogens is 1. The number of nitrogens with zero attached hydrogens (tertiary/aromatic N) is 2. The molecule has 33 heavy (non-hydrogen) atoms. The van der Waals surface area contributed by atoms with E-state index in [4.69, 9.17) is 0 Å². The van der Waals surface area contributed by atoms with Crippen LogP contribution in [-0.4, -0.2) is 21.8 Å². The molecule has 2 heterocycles. The van der Waals surface area contributed by atoms with E-state index in [1.165, 1.54) is 35.2 Å². The Morgan fingerprint density at radius 3 is 2.33 bits per heavy atom. The number of aliphatic hydroxyl groups excluding tert-OH is 1. The summed E-state index contributed by atoms with van der Waals surface area (Å²) >= 11 is 1.08. The Labute approximate surface area is 191 Å². The Kier molecular flexibility index (Phi) is 5.02. The van der Waals surface area contributed by atoms with Gasteiger partial charge in [-0.05, 0) is 55.0 Å². The van der Waals surface area contributed by atoms with Gasteiger partial charge in [0.1, 0.15) is 17.4 Å². The van der Waals surface area contributed by atoms with Crippen molar-refractivity contribution in [2.75, 3.05) is 4.90 Å². The first-order valence-electron chi connectivity index (χ1n) is 10.0. The van der Waals surface area contributed by atoms with Gasteiger partial charge in [0, 0.05) is 5.56 Å². The first-order valence-corrected chi connectivity index (χ1v) is 10.8. The zero-order valence-corrected chi connectivity index (χ0v) is 18.1. The van der Waals surface area contributed by atoms with Gasteiger partial charge in [-0.15, -0.1) is 0 Å². The van der Waals surface area contributed by atoms with Crippen molar-refractivity contribution in [3.05, 3.63) is 101 Å². The molecule has 4 aromatic rings. The minimum atomic E-state index is -0.957. The van der Waals surface area contributed by atoms with Crippen molar-refractivity contribution in [2.45, 2.75) is 13.0 Å².